The Labute approximate surface area is 203 Å². The maximum Gasteiger partial charge on any atom is 0.416 e. The average Bonchev–Trinajstić information content (AvgIpc) is 2.79. The van der Waals surface area contributed by atoms with Crippen LogP contribution >= 0.6 is 0 Å². The number of aliphatic hydroxyl groups excluding tert-OH is 1. The Morgan fingerprint density at radius 3 is 2.11 bits per heavy atom. The van der Waals surface area contributed by atoms with E-state index in [1.54, 1.807) is 24.3 Å². The van der Waals surface area contributed by atoms with Gasteiger partial charge < -0.3 is 14.7 Å². The molecule has 3 aromatic carbocycles. The maximum atomic E-state index is 14.4. The van der Waals surface area contributed by atoms with Gasteiger partial charge in [0.2, 0.25) is 0 Å². The van der Waals surface area contributed by atoms with E-state index in [0.29, 0.717) is 23.9 Å². The summed E-state index contributed by atoms with van der Waals surface area (Å²) in [6, 6.07) is 14.7. The van der Waals surface area contributed by atoms with E-state index in [1.807, 2.05) is 19.9 Å². The van der Waals surface area contributed by atoms with E-state index >= 15 is 0 Å². The van der Waals surface area contributed by atoms with Gasteiger partial charge in [-0.2, -0.15) is 26.3 Å². The van der Waals surface area contributed by atoms with E-state index in [9.17, 15) is 35.8 Å². The van der Waals surface area contributed by atoms with E-state index in [-0.39, 0.29) is 17.4 Å². The second kappa shape index (κ2) is 10.8. The molecule has 1 unspecified atom stereocenters. The van der Waals surface area contributed by atoms with Gasteiger partial charge in [0.15, 0.2) is 6.10 Å². The minimum atomic E-state index is -4.99. The molecule has 0 saturated carbocycles. The Kier molecular flexibility index (Phi) is 8.18. The molecule has 0 aliphatic carbocycles. The van der Waals surface area contributed by atoms with E-state index < -0.39 is 48.5 Å². The largest absolute Gasteiger partial charge is 0.457 e. The molecule has 0 heterocycles. The highest BCUT2D eigenvalue weighted by Gasteiger charge is 2.39. The summed E-state index contributed by atoms with van der Waals surface area (Å²) in [5.41, 5.74) is -0.529. The highest BCUT2D eigenvalue weighted by molar-refractivity contribution is 5.52. The van der Waals surface area contributed by atoms with Crippen molar-refractivity contribution >= 4 is 5.69 Å². The molecule has 0 radical (unpaired) electrons. The van der Waals surface area contributed by atoms with Gasteiger partial charge in [0, 0.05) is 23.9 Å². The third kappa shape index (κ3) is 7.13. The van der Waals surface area contributed by atoms with Gasteiger partial charge in [-0.1, -0.05) is 32.0 Å². The minimum absolute atomic E-state index is 0.0904. The first-order valence-corrected chi connectivity index (χ1v) is 11.0. The highest BCUT2D eigenvalue weighted by Crippen LogP contribution is 2.33. The van der Waals surface area contributed by atoms with Crippen molar-refractivity contribution in [2.45, 2.75) is 44.8 Å². The van der Waals surface area contributed by atoms with Gasteiger partial charge >= 0.3 is 12.4 Å². The van der Waals surface area contributed by atoms with Crippen LogP contribution < -0.4 is 9.64 Å². The first-order valence-electron chi connectivity index (χ1n) is 11.0. The smallest absolute Gasteiger partial charge is 0.416 e. The lowest BCUT2D eigenvalue weighted by Gasteiger charge is -2.29. The van der Waals surface area contributed by atoms with Crippen molar-refractivity contribution < 1.29 is 40.6 Å². The standard InChI is InChI=1S/C26H24F7NO2/c1-16(2)17-5-3-7-21(12-17)36-22-8-4-6-20(13-22)34(15-24(35)26(31,32)33)14-18-11-19(25(28,29)30)9-10-23(18)27/h3-13,16,24,35H,14-15H2,1-2H3. The molecule has 1 atom stereocenters. The number of hydrogen-bond acceptors (Lipinski definition) is 3. The minimum Gasteiger partial charge on any atom is -0.457 e. The van der Waals surface area contributed by atoms with Gasteiger partial charge in [-0.3, -0.25) is 0 Å². The number of benzene rings is 3. The zero-order chi connectivity index (χ0) is 26.7. The summed E-state index contributed by atoms with van der Waals surface area (Å²) in [4.78, 5) is 0.953. The van der Waals surface area contributed by atoms with Crippen LogP contribution in [0.1, 0.15) is 36.5 Å². The average molecular weight is 515 g/mol. The van der Waals surface area contributed by atoms with Gasteiger partial charge in [-0.15, -0.1) is 0 Å². The summed E-state index contributed by atoms with van der Waals surface area (Å²) in [5.74, 6) is -0.0810. The van der Waals surface area contributed by atoms with Gasteiger partial charge in [0.25, 0.3) is 0 Å². The molecule has 194 valence electrons. The fourth-order valence-corrected chi connectivity index (χ4v) is 3.47. The lowest BCUT2D eigenvalue weighted by atomic mass is 10.0. The number of hydrogen-bond donors (Lipinski definition) is 1. The number of anilines is 1. The Bertz CT molecular complexity index is 1180. The van der Waals surface area contributed by atoms with Crippen LogP contribution in [0.3, 0.4) is 0 Å². The molecule has 0 aliphatic rings. The van der Waals surface area contributed by atoms with Gasteiger partial charge in [-0.25, -0.2) is 4.39 Å². The Morgan fingerprint density at radius 1 is 0.861 bits per heavy atom. The number of ether oxygens (including phenoxy) is 1. The second-order valence-electron chi connectivity index (χ2n) is 8.57. The van der Waals surface area contributed by atoms with Crippen molar-refractivity contribution in [3.8, 4) is 11.5 Å². The van der Waals surface area contributed by atoms with Gasteiger partial charge in [-0.05, 0) is 53.9 Å². The molecule has 10 heteroatoms. The van der Waals surface area contributed by atoms with Gasteiger partial charge in [0.1, 0.15) is 17.3 Å². The molecule has 3 aromatic rings. The monoisotopic (exact) mass is 515 g/mol. The van der Waals surface area contributed by atoms with Crippen molar-refractivity contribution in [3.63, 3.8) is 0 Å². The third-order valence-electron chi connectivity index (χ3n) is 5.45. The zero-order valence-corrected chi connectivity index (χ0v) is 19.4. The molecule has 0 aliphatic heterocycles. The van der Waals surface area contributed by atoms with Crippen molar-refractivity contribution in [2.75, 3.05) is 11.4 Å². The second-order valence-corrected chi connectivity index (χ2v) is 8.57. The predicted molar refractivity (Wildman–Crippen MR) is 122 cm³/mol. The molecule has 36 heavy (non-hydrogen) atoms. The van der Waals surface area contributed by atoms with Crippen molar-refractivity contribution in [2.24, 2.45) is 0 Å². The van der Waals surface area contributed by atoms with Crippen LogP contribution in [-0.4, -0.2) is 23.9 Å². The number of halogens is 7. The molecular formula is C26H24F7NO2. The van der Waals surface area contributed by atoms with Crippen LogP contribution in [0.2, 0.25) is 0 Å². The third-order valence-corrected chi connectivity index (χ3v) is 5.45. The molecule has 0 amide bonds. The fourth-order valence-electron chi connectivity index (χ4n) is 3.47. The lowest BCUT2D eigenvalue weighted by Crippen LogP contribution is -2.41. The van der Waals surface area contributed by atoms with Crippen LogP contribution in [0.25, 0.3) is 0 Å². The van der Waals surface area contributed by atoms with E-state index in [4.69, 9.17) is 4.74 Å². The van der Waals surface area contributed by atoms with E-state index in [0.717, 1.165) is 10.5 Å². The Hall–Kier alpha value is -3.27. The SMILES string of the molecule is CC(C)c1cccc(Oc2cccc(N(Cc3cc(C(F)(F)F)ccc3F)CC(O)C(F)(F)F)c2)c1. The van der Waals surface area contributed by atoms with E-state index in [1.165, 1.54) is 18.2 Å². The van der Waals surface area contributed by atoms with Crippen LogP contribution in [0.4, 0.5) is 36.4 Å². The molecule has 0 spiro atoms. The van der Waals surface area contributed by atoms with Crippen LogP contribution in [-0.2, 0) is 12.7 Å². The van der Waals surface area contributed by atoms with Crippen molar-refractivity contribution in [1.82, 2.24) is 0 Å². The Morgan fingerprint density at radius 2 is 1.50 bits per heavy atom. The number of nitrogens with zero attached hydrogens (tertiary/aromatic N) is 1. The molecule has 0 saturated heterocycles. The molecule has 0 fully saturated rings. The molecule has 1 N–H and O–H groups in total. The number of aliphatic hydroxyl groups is 1. The highest BCUT2D eigenvalue weighted by atomic mass is 19.4. The van der Waals surface area contributed by atoms with Crippen LogP contribution in [0.15, 0.2) is 66.7 Å². The van der Waals surface area contributed by atoms with Gasteiger partial charge in [0.05, 0.1) is 12.1 Å². The molecule has 0 aromatic heterocycles. The molecular weight excluding hydrogens is 491 g/mol. The summed E-state index contributed by atoms with van der Waals surface area (Å²) in [6.07, 6.45) is -12.6. The predicted octanol–water partition coefficient (Wildman–Crippen LogP) is 7.69. The molecule has 3 nitrogen and oxygen atoms in total. The summed E-state index contributed by atoms with van der Waals surface area (Å²) >= 11 is 0. The summed E-state index contributed by atoms with van der Waals surface area (Å²) in [5, 5.41) is 9.66. The van der Waals surface area contributed by atoms with Crippen LogP contribution in [0, 0.1) is 5.82 Å². The summed E-state index contributed by atoms with van der Waals surface area (Å²) in [7, 11) is 0. The zero-order valence-electron chi connectivity index (χ0n) is 19.4. The molecule has 0 bridgehead atoms. The normalized spacial score (nSPS) is 13.1. The number of rotatable bonds is 8. The molecule has 3 rings (SSSR count). The van der Waals surface area contributed by atoms with Crippen molar-refractivity contribution in [1.29, 1.82) is 0 Å². The Balaban J connectivity index is 1.95. The topological polar surface area (TPSA) is 32.7 Å². The summed E-state index contributed by atoms with van der Waals surface area (Å²) in [6.45, 7) is 2.30. The number of alkyl halides is 6. The van der Waals surface area contributed by atoms with Crippen molar-refractivity contribution in [3.05, 3.63) is 89.2 Å². The maximum absolute atomic E-state index is 14.4. The summed E-state index contributed by atoms with van der Waals surface area (Å²) < 4.78 is 98.9. The quantitative estimate of drug-likeness (QED) is 0.312. The van der Waals surface area contributed by atoms with Crippen LogP contribution in [0.5, 0.6) is 11.5 Å². The first kappa shape index (κ1) is 27.3. The fraction of sp³-hybridized carbons (Fsp3) is 0.308. The lowest BCUT2D eigenvalue weighted by molar-refractivity contribution is -0.200. The van der Waals surface area contributed by atoms with E-state index in [2.05, 4.69) is 0 Å². The first-order chi connectivity index (χ1) is 16.7.